The lowest BCUT2D eigenvalue weighted by atomic mass is 9.88. The maximum absolute atomic E-state index is 12.8. The van der Waals surface area contributed by atoms with Crippen LogP contribution in [0.15, 0.2) is 10.9 Å². The van der Waals surface area contributed by atoms with Gasteiger partial charge in [0.15, 0.2) is 0 Å². The largest absolute Gasteiger partial charge is 0.483 e. The van der Waals surface area contributed by atoms with Gasteiger partial charge in [-0.1, -0.05) is 12.8 Å². The molecule has 0 unspecified atom stereocenters. The first-order valence-corrected chi connectivity index (χ1v) is 10.1. The molecule has 3 fully saturated rings. The van der Waals surface area contributed by atoms with E-state index < -0.39 is 0 Å². The third kappa shape index (κ3) is 5.06. The number of hydrogen-bond donors (Lipinski definition) is 3. The molecular weight excluding hydrogens is 378 g/mol. The lowest BCUT2D eigenvalue weighted by Crippen LogP contribution is -2.58. The number of H-pyrrole nitrogens is 1. The van der Waals surface area contributed by atoms with Crippen molar-refractivity contribution in [2.45, 2.75) is 44.1 Å². The average molecular weight is 407 g/mol. The van der Waals surface area contributed by atoms with Crippen molar-refractivity contribution in [1.29, 1.82) is 0 Å². The standard InChI is InChI=1S/C18H27N5O3.CH2O2/c19-17-20-14(11-15(24)21-17)22-7-5-18(6-8-22)12-23(9-10-26-18)16(25)13-3-1-2-4-13;2-1-3/h11,13H,1-10,12H2,(H3,19,20,21,24);1H,(H,2,3). The molecule has 0 aromatic carbocycles. The van der Waals surface area contributed by atoms with Gasteiger partial charge in [0.25, 0.3) is 12.0 Å². The van der Waals surface area contributed by atoms with E-state index in [1.165, 1.54) is 18.9 Å². The number of amides is 1. The SMILES string of the molecule is Nc1nc(N2CCC3(CC2)CN(C(=O)C2CCCC2)CCO3)cc(=O)[nH]1.O=CO. The first kappa shape index (κ1) is 21.1. The van der Waals surface area contributed by atoms with Crippen molar-refractivity contribution in [1.82, 2.24) is 14.9 Å². The summed E-state index contributed by atoms with van der Waals surface area (Å²) in [5.41, 5.74) is 5.14. The van der Waals surface area contributed by atoms with Crippen molar-refractivity contribution in [3.05, 3.63) is 16.4 Å². The molecule has 4 N–H and O–H groups in total. The van der Waals surface area contributed by atoms with Crippen LogP contribution in [0.2, 0.25) is 0 Å². The Morgan fingerprint density at radius 1 is 1.31 bits per heavy atom. The Morgan fingerprint density at radius 2 is 1.97 bits per heavy atom. The Kier molecular flexibility index (Phi) is 6.73. The third-order valence-corrected chi connectivity index (χ3v) is 6.01. The molecule has 2 aliphatic heterocycles. The monoisotopic (exact) mass is 407 g/mol. The molecule has 1 spiro atoms. The van der Waals surface area contributed by atoms with E-state index in [1.54, 1.807) is 0 Å². The van der Waals surface area contributed by atoms with Gasteiger partial charge in [-0.3, -0.25) is 19.4 Å². The van der Waals surface area contributed by atoms with Crippen LogP contribution in [0.4, 0.5) is 11.8 Å². The zero-order valence-corrected chi connectivity index (χ0v) is 16.5. The van der Waals surface area contributed by atoms with Crippen LogP contribution in [0.25, 0.3) is 0 Å². The maximum Gasteiger partial charge on any atom is 0.290 e. The van der Waals surface area contributed by atoms with Crippen molar-refractivity contribution in [3.63, 3.8) is 0 Å². The van der Waals surface area contributed by atoms with E-state index in [4.69, 9.17) is 20.4 Å². The van der Waals surface area contributed by atoms with Gasteiger partial charge in [-0.15, -0.1) is 0 Å². The summed E-state index contributed by atoms with van der Waals surface area (Å²) in [5.74, 6) is 1.27. The van der Waals surface area contributed by atoms with Gasteiger partial charge in [-0.05, 0) is 25.7 Å². The average Bonchev–Trinajstić information content (AvgIpc) is 3.23. The number of ether oxygens (including phenoxy) is 1. The number of nitrogens with two attached hydrogens (primary N) is 1. The molecule has 1 aliphatic carbocycles. The van der Waals surface area contributed by atoms with E-state index in [0.717, 1.165) is 38.8 Å². The first-order valence-electron chi connectivity index (χ1n) is 10.1. The Morgan fingerprint density at radius 3 is 2.59 bits per heavy atom. The number of anilines is 2. The quantitative estimate of drug-likeness (QED) is 0.600. The van der Waals surface area contributed by atoms with Crippen molar-refractivity contribution in [2.75, 3.05) is 43.4 Å². The fourth-order valence-corrected chi connectivity index (χ4v) is 4.53. The van der Waals surface area contributed by atoms with Gasteiger partial charge in [0.05, 0.1) is 12.2 Å². The zero-order chi connectivity index (χ0) is 20.9. The van der Waals surface area contributed by atoms with Gasteiger partial charge in [-0.25, -0.2) is 0 Å². The number of hydrogen-bond acceptors (Lipinski definition) is 7. The molecule has 1 aromatic rings. The second-order valence-corrected chi connectivity index (χ2v) is 7.85. The highest BCUT2D eigenvalue weighted by Gasteiger charge is 2.42. The Labute approximate surface area is 169 Å². The summed E-state index contributed by atoms with van der Waals surface area (Å²) < 4.78 is 6.15. The maximum atomic E-state index is 12.8. The number of aromatic nitrogens is 2. The number of nitrogen functional groups attached to an aromatic ring is 1. The predicted molar refractivity (Wildman–Crippen MR) is 107 cm³/mol. The summed E-state index contributed by atoms with van der Waals surface area (Å²) in [6.07, 6.45) is 6.05. The molecule has 2 saturated heterocycles. The zero-order valence-electron chi connectivity index (χ0n) is 16.5. The summed E-state index contributed by atoms with van der Waals surface area (Å²) in [6.45, 7) is 3.21. The molecule has 0 atom stereocenters. The van der Waals surface area contributed by atoms with Crippen molar-refractivity contribution in [3.8, 4) is 0 Å². The van der Waals surface area contributed by atoms with Gasteiger partial charge in [-0.2, -0.15) is 4.98 Å². The highest BCUT2D eigenvalue weighted by atomic mass is 16.5. The summed E-state index contributed by atoms with van der Waals surface area (Å²) in [7, 11) is 0. The first-order chi connectivity index (χ1) is 14.0. The van der Waals surface area contributed by atoms with Crippen LogP contribution < -0.4 is 16.2 Å². The third-order valence-electron chi connectivity index (χ3n) is 6.01. The second kappa shape index (κ2) is 9.25. The number of rotatable bonds is 2. The highest BCUT2D eigenvalue weighted by Crippen LogP contribution is 2.34. The number of aromatic amines is 1. The van der Waals surface area contributed by atoms with E-state index in [9.17, 15) is 9.59 Å². The molecule has 0 radical (unpaired) electrons. The van der Waals surface area contributed by atoms with Crippen molar-refractivity contribution < 1.29 is 19.4 Å². The van der Waals surface area contributed by atoms with Crippen molar-refractivity contribution >= 4 is 24.1 Å². The summed E-state index contributed by atoms with van der Waals surface area (Å²) in [4.78, 5) is 43.6. The van der Waals surface area contributed by atoms with Crippen LogP contribution >= 0.6 is 0 Å². The smallest absolute Gasteiger partial charge is 0.290 e. The molecule has 1 amide bonds. The fourth-order valence-electron chi connectivity index (χ4n) is 4.53. The number of morpholine rings is 1. The van der Waals surface area contributed by atoms with Gasteiger partial charge < -0.3 is 25.4 Å². The van der Waals surface area contributed by atoms with Gasteiger partial charge in [0.1, 0.15) is 5.82 Å². The Hall–Kier alpha value is -2.62. The van der Waals surface area contributed by atoms with Gasteiger partial charge >= 0.3 is 0 Å². The normalized spacial score (nSPS) is 21.5. The lowest BCUT2D eigenvalue weighted by Gasteiger charge is -2.47. The van der Waals surface area contributed by atoms with Crippen molar-refractivity contribution in [2.24, 2.45) is 5.92 Å². The minimum Gasteiger partial charge on any atom is -0.483 e. The number of carbonyl (C=O) groups is 2. The van der Waals surface area contributed by atoms with E-state index in [0.29, 0.717) is 31.4 Å². The van der Waals surface area contributed by atoms with Crippen LogP contribution in [-0.2, 0) is 14.3 Å². The summed E-state index contributed by atoms with van der Waals surface area (Å²) in [6, 6.07) is 1.48. The van der Waals surface area contributed by atoms with Gasteiger partial charge in [0, 0.05) is 38.2 Å². The Bertz CT molecular complexity index is 768. The number of nitrogens with zero attached hydrogens (tertiary/aromatic N) is 3. The van der Waals surface area contributed by atoms with E-state index in [-0.39, 0.29) is 29.5 Å². The molecule has 0 bridgehead atoms. The van der Waals surface area contributed by atoms with Crippen LogP contribution in [0.3, 0.4) is 0 Å². The molecule has 10 nitrogen and oxygen atoms in total. The highest BCUT2D eigenvalue weighted by molar-refractivity contribution is 5.79. The molecule has 29 heavy (non-hydrogen) atoms. The number of carboxylic acid groups (broad SMARTS) is 1. The Balaban J connectivity index is 0.000000755. The van der Waals surface area contributed by atoms with Crippen LogP contribution in [-0.4, -0.2) is 70.7 Å². The molecule has 3 heterocycles. The number of nitrogens with one attached hydrogen (secondary N) is 1. The molecule has 4 rings (SSSR count). The van der Waals surface area contributed by atoms with Gasteiger partial charge in [0.2, 0.25) is 11.9 Å². The topological polar surface area (TPSA) is 142 Å². The lowest BCUT2D eigenvalue weighted by molar-refractivity contribution is -0.157. The van der Waals surface area contributed by atoms with E-state index in [2.05, 4.69) is 14.9 Å². The number of piperidine rings is 1. The molecule has 10 heteroatoms. The molecule has 160 valence electrons. The molecule has 3 aliphatic rings. The minimum atomic E-state index is -0.268. The van der Waals surface area contributed by atoms with Crippen LogP contribution in [0, 0.1) is 5.92 Å². The molecular formula is C19H29N5O5. The summed E-state index contributed by atoms with van der Waals surface area (Å²) in [5, 5.41) is 6.89. The fraction of sp³-hybridized carbons (Fsp3) is 0.684. The van der Waals surface area contributed by atoms with E-state index >= 15 is 0 Å². The van der Waals surface area contributed by atoms with E-state index in [1.807, 2.05) is 4.90 Å². The number of carbonyl (C=O) groups excluding carboxylic acids is 1. The minimum absolute atomic E-state index is 0.134. The van der Waals surface area contributed by atoms with Crippen LogP contribution in [0.5, 0.6) is 0 Å². The summed E-state index contributed by atoms with van der Waals surface area (Å²) >= 11 is 0. The predicted octanol–water partition coefficient (Wildman–Crippen LogP) is 0.441. The second-order valence-electron chi connectivity index (χ2n) is 7.85. The van der Waals surface area contributed by atoms with Crippen LogP contribution in [0.1, 0.15) is 38.5 Å². The molecule has 1 saturated carbocycles. The molecule has 1 aromatic heterocycles.